The zero-order chi connectivity index (χ0) is 19.8. The van der Waals surface area contributed by atoms with Crippen molar-refractivity contribution in [1.82, 2.24) is 14.8 Å². The Morgan fingerprint density at radius 2 is 2.00 bits per heavy atom. The highest BCUT2D eigenvalue weighted by atomic mass is 19.1. The van der Waals surface area contributed by atoms with Crippen LogP contribution in [0, 0.1) is 23.2 Å². The molecule has 3 saturated heterocycles. The van der Waals surface area contributed by atoms with Gasteiger partial charge in [0.2, 0.25) is 11.9 Å². The smallest absolute Gasteiger partial charge is 0.254 e. The molecule has 4 rings (SSSR count). The van der Waals surface area contributed by atoms with Crippen molar-refractivity contribution in [3.63, 3.8) is 0 Å². The van der Waals surface area contributed by atoms with Gasteiger partial charge >= 0.3 is 0 Å². The fourth-order valence-electron chi connectivity index (χ4n) is 5.09. The Kier molecular flexibility index (Phi) is 5.02. The van der Waals surface area contributed by atoms with Crippen LogP contribution in [0.3, 0.4) is 0 Å². The predicted octanol–water partition coefficient (Wildman–Crippen LogP) is 1.45. The van der Waals surface area contributed by atoms with Crippen molar-refractivity contribution in [2.24, 2.45) is 11.7 Å². The lowest BCUT2D eigenvalue weighted by Crippen LogP contribution is -2.54. The molecule has 4 unspecified atom stereocenters. The van der Waals surface area contributed by atoms with Crippen molar-refractivity contribution in [3.05, 3.63) is 29.8 Å². The molecule has 4 atom stereocenters. The predicted molar refractivity (Wildman–Crippen MR) is 98.2 cm³/mol. The van der Waals surface area contributed by atoms with Crippen molar-refractivity contribution in [2.45, 2.75) is 62.7 Å². The number of fused-ring (bicyclic) bond motifs is 2. The van der Waals surface area contributed by atoms with Gasteiger partial charge in [0.15, 0.2) is 0 Å². The van der Waals surface area contributed by atoms with Crippen LogP contribution >= 0.6 is 0 Å². The molecule has 8 heteroatoms. The van der Waals surface area contributed by atoms with E-state index in [-0.39, 0.29) is 35.9 Å². The number of pyridine rings is 1. The summed E-state index contributed by atoms with van der Waals surface area (Å²) in [6.45, 7) is 0.586. The number of carbonyl (C=O) groups excluding carboxylic acids is 2. The topological polar surface area (TPSA) is 103 Å². The summed E-state index contributed by atoms with van der Waals surface area (Å²) >= 11 is 0. The van der Waals surface area contributed by atoms with Gasteiger partial charge in [-0.2, -0.15) is 9.65 Å². The highest BCUT2D eigenvalue weighted by Crippen LogP contribution is 2.41. The van der Waals surface area contributed by atoms with E-state index >= 15 is 0 Å². The molecule has 3 aliphatic heterocycles. The Labute approximate surface area is 163 Å². The molecule has 0 aromatic carbocycles. The van der Waals surface area contributed by atoms with E-state index in [2.05, 4.69) is 11.1 Å². The average molecular weight is 385 g/mol. The Balaban J connectivity index is 1.45. The number of halogens is 1. The lowest BCUT2D eigenvalue weighted by Gasteiger charge is -2.41. The van der Waals surface area contributed by atoms with E-state index in [1.165, 1.54) is 18.3 Å². The number of rotatable bonds is 3. The minimum Gasteiger partial charge on any atom is -0.333 e. The molecule has 28 heavy (non-hydrogen) atoms. The summed E-state index contributed by atoms with van der Waals surface area (Å²) in [5.41, 5.74) is 6.63. The molecule has 1 aromatic rings. The van der Waals surface area contributed by atoms with Gasteiger partial charge in [0.1, 0.15) is 6.04 Å². The number of nitriles is 1. The SMILES string of the molecule is N#CC1CCCN1C(=O)C(N)C1CC2CCC(C1)N2C(=O)c1ccnc(F)c1. The molecule has 0 radical (unpaired) electrons. The third kappa shape index (κ3) is 3.24. The highest BCUT2D eigenvalue weighted by molar-refractivity contribution is 5.94. The van der Waals surface area contributed by atoms with Crippen molar-refractivity contribution < 1.29 is 14.0 Å². The fraction of sp³-hybridized carbons (Fsp3) is 0.600. The van der Waals surface area contributed by atoms with E-state index in [1.807, 2.05) is 4.90 Å². The van der Waals surface area contributed by atoms with Crippen LogP contribution in [-0.4, -0.2) is 57.3 Å². The minimum atomic E-state index is -0.668. The second-order valence-corrected chi connectivity index (χ2v) is 8.04. The third-order valence-corrected chi connectivity index (χ3v) is 6.46. The van der Waals surface area contributed by atoms with Gasteiger partial charge < -0.3 is 15.5 Å². The first-order chi connectivity index (χ1) is 13.5. The maximum absolute atomic E-state index is 13.4. The lowest BCUT2D eigenvalue weighted by atomic mass is 9.84. The largest absolute Gasteiger partial charge is 0.333 e. The molecular weight excluding hydrogens is 361 g/mol. The molecule has 148 valence electrons. The molecule has 3 aliphatic rings. The van der Waals surface area contributed by atoms with Crippen LogP contribution in [0.15, 0.2) is 18.3 Å². The van der Waals surface area contributed by atoms with Gasteiger partial charge in [0.25, 0.3) is 5.91 Å². The Hall–Kier alpha value is -2.53. The highest BCUT2D eigenvalue weighted by Gasteiger charge is 2.47. The van der Waals surface area contributed by atoms with E-state index in [1.54, 1.807) is 4.90 Å². The summed E-state index contributed by atoms with van der Waals surface area (Å²) in [6, 6.07) is 3.88. The number of hydrogen-bond donors (Lipinski definition) is 1. The second kappa shape index (κ2) is 7.47. The number of carbonyl (C=O) groups is 2. The molecule has 1 aromatic heterocycles. The zero-order valence-electron chi connectivity index (χ0n) is 15.6. The van der Waals surface area contributed by atoms with E-state index in [0.717, 1.165) is 19.3 Å². The van der Waals surface area contributed by atoms with Crippen LogP contribution in [0.4, 0.5) is 4.39 Å². The van der Waals surface area contributed by atoms with Gasteiger partial charge in [-0.3, -0.25) is 9.59 Å². The molecule has 2 N–H and O–H groups in total. The average Bonchev–Trinajstić information content (AvgIpc) is 3.28. The summed E-state index contributed by atoms with van der Waals surface area (Å²) in [7, 11) is 0. The monoisotopic (exact) mass is 385 g/mol. The van der Waals surface area contributed by atoms with Gasteiger partial charge in [-0.05, 0) is 50.5 Å². The molecular formula is C20H24FN5O2. The summed E-state index contributed by atoms with van der Waals surface area (Å²) in [5, 5.41) is 9.24. The zero-order valence-corrected chi connectivity index (χ0v) is 15.6. The first-order valence-electron chi connectivity index (χ1n) is 9.89. The Bertz CT molecular complexity index is 811. The van der Waals surface area contributed by atoms with E-state index in [4.69, 9.17) is 5.73 Å². The Morgan fingerprint density at radius 1 is 1.29 bits per heavy atom. The number of likely N-dealkylation sites (tertiary alicyclic amines) is 1. The van der Waals surface area contributed by atoms with Gasteiger partial charge in [0, 0.05) is 36.5 Å². The van der Waals surface area contributed by atoms with Crippen LogP contribution < -0.4 is 5.73 Å². The van der Waals surface area contributed by atoms with Crippen LogP contribution in [0.2, 0.25) is 0 Å². The number of hydrogen-bond acceptors (Lipinski definition) is 5. The van der Waals surface area contributed by atoms with Crippen LogP contribution in [0.25, 0.3) is 0 Å². The van der Waals surface area contributed by atoms with Gasteiger partial charge in [-0.15, -0.1) is 0 Å². The van der Waals surface area contributed by atoms with E-state index < -0.39 is 12.0 Å². The van der Waals surface area contributed by atoms with Gasteiger partial charge in [-0.1, -0.05) is 0 Å². The lowest BCUT2D eigenvalue weighted by molar-refractivity contribution is -0.134. The fourth-order valence-corrected chi connectivity index (χ4v) is 5.09. The quantitative estimate of drug-likeness (QED) is 0.793. The first kappa shape index (κ1) is 18.8. The van der Waals surface area contributed by atoms with Crippen molar-refractivity contribution in [2.75, 3.05) is 6.54 Å². The second-order valence-electron chi connectivity index (χ2n) is 8.04. The number of nitrogens with zero attached hydrogens (tertiary/aromatic N) is 4. The van der Waals surface area contributed by atoms with Crippen LogP contribution in [-0.2, 0) is 4.79 Å². The summed E-state index contributed by atoms with van der Waals surface area (Å²) < 4.78 is 13.4. The van der Waals surface area contributed by atoms with Crippen molar-refractivity contribution in [3.8, 4) is 6.07 Å². The molecule has 7 nitrogen and oxygen atoms in total. The molecule has 4 heterocycles. The van der Waals surface area contributed by atoms with Gasteiger partial charge in [0.05, 0.1) is 12.1 Å². The molecule has 2 bridgehead atoms. The molecule has 2 amide bonds. The van der Waals surface area contributed by atoms with Crippen molar-refractivity contribution in [1.29, 1.82) is 5.26 Å². The Morgan fingerprint density at radius 3 is 2.64 bits per heavy atom. The number of piperidine rings is 1. The van der Waals surface area contributed by atoms with Crippen LogP contribution in [0.1, 0.15) is 48.9 Å². The van der Waals surface area contributed by atoms with Crippen molar-refractivity contribution >= 4 is 11.8 Å². The number of nitrogens with two attached hydrogens (primary N) is 1. The summed E-state index contributed by atoms with van der Waals surface area (Å²) in [5.74, 6) is -1.01. The maximum Gasteiger partial charge on any atom is 0.254 e. The summed E-state index contributed by atoms with van der Waals surface area (Å²) in [6.07, 6.45) is 5.89. The molecule has 0 saturated carbocycles. The molecule has 3 fully saturated rings. The number of aromatic nitrogens is 1. The van der Waals surface area contributed by atoms with Crippen LogP contribution in [0.5, 0.6) is 0 Å². The third-order valence-electron chi connectivity index (χ3n) is 6.46. The standard InChI is InChI=1S/C20H24FN5O2/c21-17-10-12(5-6-24-17)19(27)26-14-3-4-15(26)9-13(8-14)18(23)20(28)25-7-1-2-16(25)11-22/h5-6,10,13-16,18H,1-4,7-9,23H2. The summed E-state index contributed by atoms with van der Waals surface area (Å²) in [4.78, 5) is 32.7. The molecule has 0 spiro atoms. The normalized spacial score (nSPS) is 30.2. The molecule has 0 aliphatic carbocycles. The minimum absolute atomic E-state index is 0.0108. The van der Waals surface area contributed by atoms with E-state index in [0.29, 0.717) is 31.4 Å². The first-order valence-corrected chi connectivity index (χ1v) is 9.89. The maximum atomic E-state index is 13.4. The van der Waals surface area contributed by atoms with E-state index in [9.17, 15) is 19.2 Å². The number of amides is 2. The van der Waals surface area contributed by atoms with Gasteiger partial charge in [-0.25, -0.2) is 4.98 Å².